The second kappa shape index (κ2) is 8.30. The predicted octanol–water partition coefficient (Wildman–Crippen LogP) is 2.84. The van der Waals surface area contributed by atoms with Gasteiger partial charge >= 0.3 is 5.69 Å². The van der Waals surface area contributed by atoms with Crippen LogP contribution in [-0.2, 0) is 0 Å². The van der Waals surface area contributed by atoms with Gasteiger partial charge < -0.3 is 14.6 Å². The first-order valence-corrected chi connectivity index (χ1v) is 7.89. The van der Waals surface area contributed by atoms with Gasteiger partial charge in [0.05, 0.1) is 30.9 Å². The van der Waals surface area contributed by atoms with Gasteiger partial charge in [0.1, 0.15) is 11.5 Å². The fourth-order valence-electron chi connectivity index (χ4n) is 2.05. The maximum atomic E-state index is 12.2. The number of nitrogens with zero attached hydrogens (tertiary/aromatic N) is 2. The first-order chi connectivity index (χ1) is 12.4. The molecule has 9 nitrogen and oxygen atoms in total. The Hall–Kier alpha value is -3.14. The summed E-state index contributed by atoms with van der Waals surface area (Å²) < 4.78 is 10.6. The van der Waals surface area contributed by atoms with Crippen LogP contribution < -0.4 is 14.9 Å². The normalized spacial score (nSPS) is 10.6. The summed E-state index contributed by atoms with van der Waals surface area (Å²) in [5.74, 6) is -0.311. The molecule has 2 rings (SSSR count). The van der Waals surface area contributed by atoms with Crippen LogP contribution in [0.3, 0.4) is 0 Å². The number of hydrogen-bond acceptors (Lipinski definition) is 7. The number of rotatable bonds is 6. The van der Waals surface area contributed by atoms with Gasteiger partial charge in [0.25, 0.3) is 5.91 Å². The van der Waals surface area contributed by atoms with Crippen molar-refractivity contribution in [1.82, 2.24) is 5.43 Å². The van der Waals surface area contributed by atoms with E-state index in [1.807, 2.05) is 0 Å². The molecule has 0 spiro atoms. The van der Waals surface area contributed by atoms with Crippen LogP contribution in [0.2, 0.25) is 0 Å². The number of benzene rings is 2. The smallest absolute Gasteiger partial charge is 0.312 e. The van der Waals surface area contributed by atoms with Gasteiger partial charge in [-0.05, 0) is 18.2 Å². The Kier molecular flexibility index (Phi) is 6.12. The van der Waals surface area contributed by atoms with E-state index in [2.05, 4.69) is 26.5 Å². The molecule has 0 unspecified atom stereocenters. The summed E-state index contributed by atoms with van der Waals surface area (Å²) in [6.07, 6.45) is 1.10. The second-order valence-corrected chi connectivity index (χ2v) is 5.80. The minimum Gasteiger partial charge on any atom is -0.502 e. The summed E-state index contributed by atoms with van der Waals surface area (Å²) in [5.41, 5.74) is 2.07. The van der Waals surface area contributed by atoms with Crippen LogP contribution in [0, 0.1) is 10.1 Å². The van der Waals surface area contributed by atoms with Crippen LogP contribution in [0.1, 0.15) is 15.9 Å². The molecule has 0 bridgehead atoms. The summed E-state index contributed by atoms with van der Waals surface area (Å²) in [7, 11) is 2.90. The number of halogens is 1. The Morgan fingerprint density at radius 1 is 1.31 bits per heavy atom. The Bertz CT molecular complexity index is 885. The number of hydrogen-bond donors (Lipinski definition) is 2. The van der Waals surface area contributed by atoms with E-state index >= 15 is 0 Å². The van der Waals surface area contributed by atoms with Crippen molar-refractivity contribution in [3.63, 3.8) is 0 Å². The number of phenols is 1. The third-order valence-electron chi connectivity index (χ3n) is 3.30. The van der Waals surface area contributed by atoms with Crippen molar-refractivity contribution in [3.05, 3.63) is 56.0 Å². The molecule has 2 N–H and O–H groups in total. The van der Waals surface area contributed by atoms with Crippen molar-refractivity contribution in [2.45, 2.75) is 0 Å². The molecule has 0 aliphatic carbocycles. The highest BCUT2D eigenvalue weighted by atomic mass is 79.9. The molecular weight excluding hydrogens is 410 g/mol. The zero-order valence-corrected chi connectivity index (χ0v) is 15.3. The maximum Gasteiger partial charge on any atom is 0.312 e. The number of nitro benzene ring substituents is 1. The average Bonchev–Trinajstić information content (AvgIpc) is 2.63. The standard InChI is InChI=1S/C16H14BrN3O6/c1-25-11-3-4-12(14(7-11)26-2)16(22)19-18-8-9-5-10(17)6-13(15(9)21)20(23)24/h3-8,21H,1-2H3,(H,19,22)/b18-8-. The van der Waals surface area contributed by atoms with E-state index in [0.29, 0.717) is 10.2 Å². The number of nitrogens with one attached hydrogen (secondary N) is 1. The molecule has 2 aromatic rings. The molecule has 0 atom stereocenters. The van der Waals surface area contributed by atoms with E-state index in [1.165, 1.54) is 26.4 Å². The number of aromatic hydroxyl groups is 1. The number of methoxy groups -OCH3 is 2. The lowest BCUT2D eigenvalue weighted by Gasteiger charge is -2.09. The van der Waals surface area contributed by atoms with Crippen molar-refractivity contribution >= 4 is 33.7 Å². The number of carbonyl (C=O) groups excluding carboxylic acids is 1. The molecule has 0 fully saturated rings. The van der Waals surface area contributed by atoms with Crippen LogP contribution in [0.5, 0.6) is 17.2 Å². The zero-order chi connectivity index (χ0) is 19.3. The summed E-state index contributed by atoms with van der Waals surface area (Å²) >= 11 is 3.11. The van der Waals surface area contributed by atoms with E-state index in [4.69, 9.17) is 9.47 Å². The number of nitro groups is 1. The van der Waals surface area contributed by atoms with Crippen LogP contribution in [-0.4, -0.2) is 36.4 Å². The van der Waals surface area contributed by atoms with Gasteiger partial charge in [-0.1, -0.05) is 15.9 Å². The highest BCUT2D eigenvalue weighted by molar-refractivity contribution is 9.10. The lowest BCUT2D eigenvalue weighted by atomic mass is 10.2. The molecule has 0 aromatic heterocycles. The van der Waals surface area contributed by atoms with E-state index in [0.717, 1.165) is 12.3 Å². The fraction of sp³-hybridized carbons (Fsp3) is 0.125. The Labute approximate surface area is 156 Å². The number of carbonyl (C=O) groups is 1. The lowest BCUT2D eigenvalue weighted by Crippen LogP contribution is -2.18. The first-order valence-electron chi connectivity index (χ1n) is 7.09. The Balaban J connectivity index is 2.21. The minimum absolute atomic E-state index is 0.0630. The maximum absolute atomic E-state index is 12.2. The van der Waals surface area contributed by atoms with Crippen molar-refractivity contribution in [2.24, 2.45) is 5.10 Å². The van der Waals surface area contributed by atoms with Gasteiger partial charge in [-0.3, -0.25) is 14.9 Å². The molecule has 1 amide bonds. The van der Waals surface area contributed by atoms with Crippen LogP contribution >= 0.6 is 15.9 Å². The van der Waals surface area contributed by atoms with Crippen molar-refractivity contribution in [1.29, 1.82) is 0 Å². The van der Waals surface area contributed by atoms with E-state index in [9.17, 15) is 20.0 Å². The van der Waals surface area contributed by atoms with Crippen molar-refractivity contribution in [3.8, 4) is 17.2 Å². The highest BCUT2D eigenvalue weighted by Crippen LogP contribution is 2.32. The van der Waals surface area contributed by atoms with E-state index < -0.39 is 22.3 Å². The number of hydrazone groups is 1. The van der Waals surface area contributed by atoms with Crippen molar-refractivity contribution < 1.29 is 24.3 Å². The van der Waals surface area contributed by atoms with E-state index in [1.54, 1.807) is 12.1 Å². The Morgan fingerprint density at radius 3 is 2.65 bits per heavy atom. The quantitative estimate of drug-likeness (QED) is 0.418. The molecule has 2 aromatic carbocycles. The summed E-state index contributed by atoms with van der Waals surface area (Å²) in [6, 6.07) is 7.22. The summed E-state index contributed by atoms with van der Waals surface area (Å²) in [6.45, 7) is 0. The van der Waals surface area contributed by atoms with Crippen LogP contribution in [0.15, 0.2) is 39.9 Å². The van der Waals surface area contributed by atoms with Gasteiger partial charge in [0.15, 0.2) is 0 Å². The number of amides is 1. The van der Waals surface area contributed by atoms with Gasteiger partial charge in [-0.25, -0.2) is 5.43 Å². The van der Waals surface area contributed by atoms with Crippen LogP contribution in [0.4, 0.5) is 5.69 Å². The number of phenolic OH excluding ortho intramolecular Hbond substituents is 1. The molecule has 26 heavy (non-hydrogen) atoms. The molecular formula is C16H14BrN3O6. The molecule has 0 radical (unpaired) electrons. The van der Waals surface area contributed by atoms with Gasteiger partial charge in [0.2, 0.25) is 5.75 Å². The third kappa shape index (κ3) is 4.28. The summed E-state index contributed by atoms with van der Waals surface area (Å²) in [5, 5.41) is 24.5. The number of ether oxygens (including phenoxy) is 2. The fourth-order valence-corrected chi connectivity index (χ4v) is 2.51. The minimum atomic E-state index is -0.724. The Morgan fingerprint density at radius 2 is 2.04 bits per heavy atom. The van der Waals surface area contributed by atoms with Gasteiger partial charge in [0, 0.05) is 22.2 Å². The second-order valence-electron chi connectivity index (χ2n) is 4.89. The third-order valence-corrected chi connectivity index (χ3v) is 3.76. The van der Waals surface area contributed by atoms with Gasteiger partial charge in [-0.15, -0.1) is 0 Å². The summed E-state index contributed by atoms with van der Waals surface area (Å²) in [4.78, 5) is 22.4. The lowest BCUT2D eigenvalue weighted by molar-refractivity contribution is -0.385. The zero-order valence-electron chi connectivity index (χ0n) is 13.7. The topological polar surface area (TPSA) is 123 Å². The largest absolute Gasteiger partial charge is 0.502 e. The average molecular weight is 424 g/mol. The molecule has 10 heteroatoms. The molecule has 0 aliphatic heterocycles. The van der Waals surface area contributed by atoms with E-state index in [-0.39, 0.29) is 16.9 Å². The molecule has 0 heterocycles. The SMILES string of the molecule is COc1ccc(C(=O)N/N=C\c2cc(Br)cc([N+](=O)[O-])c2O)c(OC)c1. The predicted molar refractivity (Wildman–Crippen MR) is 97.1 cm³/mol. The highest BCUT2D eigenvalue weighted by Gasteiger charge is 2.18. The van der Waals surface area contributed by atoms with Crippen molar-refractivity contribution in [2.75, 3.05) is 14.2 Å². The van der Waals surface area contributed by atoms with Crippen LogP contribution in [0.25, 0.3) is 0 Å². The first kappa shape index (κ1) is 19.2. The molecule has 136 valence electrons. The molecule has 0 saturated heterocycles. The molecule has 0 aliphatic rings. The monoisotopic (exact) mass is 423 g/mol. The molecule has 0 saturated carbocycles. The van der Waals surface area contributed by atoms with Gasteiger partial charge in [-0.2, -0.15) is 5.10 Å².